The van der Waals surface area contributed by atoms with Gasteiger partial charge in [-0.15, -0.1) is 0 Å². The average molecular weight is 113 g/mol. The first-order valence-corrected chi connectivity index (χ1v) is 2.56. The molecule has 0 aliphatic heterocycles. The van der Waals surface area contributed by atoms with Crippen molar-refractivity contribution in [1.29, 1.82) is 0 Å². The van der Waals surface area contributed by atoms with Crippen molar-refractivity contribution in [2.45, 2.75) is 19.9 Å². The summed E-state index contributed by atoms with van der Waals surface area (Å²) in [5.41, 5.74) is 6.03. The van der Waals surface area contributed by atoms with Gasteiger partial charge in [-0.1, -0.05) is 6.08 Å². The van der Waals surface area contributed by atoms with E-state index in [4.69, 9.17) is 5.73 Å². The Hall–Kier alpha value is -0.630. The fourth-order valence-corrected chi connectivity index (χ4v) is 0.454. The molecule has 0 radical (unpaired) electrons. The number of hydrogen-bond acceptors (Lipinski definition) is 2. The lowest BCUT2D eigenvalue weighted by Gasteiger charge is -1.93. The van der Waals surface area contributed by atoms with E-state index in [1.807, 2.05) is 6.92 Å². The maximum absolute atomic E-state index is 9.92. The largest absolute Gasteiger partial charge is 0.325 e. The number of nitrogens with two attached hydrogens (primary N) is 1. The first kappa shape index (κ1) is 7.37. The molecule has 0 saturated heterocycles. The van der Waals surface area contributed by atoms with Gasteiger partial charge in [0.25, 0.3) is 0 Å². The summed E-state index contributed by atoms with van der Waals surface area (Å²) in [7, 11) is 0. The van der Waals surface area contributed by atoms with Crippen LogP contribution < -0.4 is 5.73 Å². The highest BCUT2D eigenvalue weighted by Gasteiger charge is 1.86. The molecule has 0 heterocycles. The molecular formula is C6H11NO. The van der Waals surface area contributed by atoms with E-state index in [1.165, 1.54) is 0 Å². The van der Waals surface area contributed by atoms with Crippen LogP contribution in [-0.2, 0) is 4.79 Å². The second kappa shape index (κ2) is 3.38. The zero-order valence-electron chi connectivity index (χ0n) is 5.22. The standard InChI is InChI=1S/C6H11NO/c1-5(4-8)3-6(2)7/h3-4,6H,7H2,1-2H3/b5-3-. The number of allylic oxidation sites excluding steroid dienone is 1. The Bertz CT molecular complexity index is 105. The summed E-state index contributed by atoms with van der Waals surface area (Å²) in [6, 6.07) is -0.0137. The highest BCUT2D eigenvalue weighted by Crippen LogP contribution is 1.87. The van der Waals surface area contributed by atoms with Crippen molar-refractivity contribution >= 4 is 6.29 Å². The molecule has 0 aromatic carbocycles. The Balaban J connectivity index is 3.74. The minimum atomic E-state index is -0.0137. The smallest absolute Gasteiger partial charge is 0.145 e. The van der Waals surface area contributed by atoms with Gasteiger partial charge in [0.05, 0.1) is 0 Å². The topological polar surface area (TPSA) is 43.1 Å². The van der Waals surface area contributed by atoms with Gasteiger partial charge in [-0.3, -0.25) is 4.79 Å². The first-order valence-electron chi connectivity index (χ1n) is 2.56. The van der Waals surface area contributed by atoms with E-state index in [2.05, 4.69) is 0 Å². The van der Waals surface area contributed by atoms with Crippen molar-refractivity contribution < 1.29 is 4.79 Å². The van der Waals surface area contributed by atoms with E-state index in [0.29, 0.717) is 5.57 Å². The van der Waals surface area contributed by atoms with Gasteiger partial charge in [0, 0.05) is 6.04 Å². The lowest BCUT2D eigenvalue weighted by atomic mass is 10.2. The molecule has 8 heavy (non-hydrogen) atoms. The Morgan fingerprint density at radius 1 is 1.75 bits per heavy atom. The van der Waals surface area contributed by atoms with Crippen LogP contribution in [0.1, 0.15) is 13.8 Å². The van der Waals surface area contributed by atoms with Crippen molar-refractivity contribution in [2.24, 2.45) is 5.73 Å². The van der Waals surface area contributed by atoms with Crippen LogP contribution in [0.3, 0.4) is 0 Å². The number of aldehydes is 1. The predicted molar refractivity (Wildman–Crippen MR) is 33.5 cm³/mol. The van der Waals surface area contributed by atoms with Crippen LogP contribution in [0.4, 0.5) is 0 Å². The molecule has 0 aliphatic rings. The molecule has 2 heteroatoms. The lowest BCUT2D eigenvalue weighted by molar-refractivity contribution is -0.104. The van der Waals surface area contributed by atoms with Gasteiger partial charge >= 0.3 is 0 Å². The maximum atomic E-state index is 9.92. The van der Waals surface area contributed by atoms with Gasteiger partial charge < -0.3 is 5.73 Å². The van der Waals surface area contributed by atoms with Crippen molar-refractivity contribution in [1.82, 2.24) is 0 Å². The fraction of sp³-hybridized carbons (Fsp3) is 0.500. The molecule has 0 rings (SSSR count). The van der Waals surface area contributed by atoms with Crippen LogP contribution in [0.25, 0.3) is 0 Å². The van der Waals surface area contributed by atoms with Gasteiger partial charge in [-0.2, -0.15) is 0 Å². The Labute approximate surface area is 49.4 Å². The minimum absolute atomic E-state index is 0.0137. The normalized spacial score (nSPS) is 15.6. The third-order valence-corrected chi connectivity index (χ3v) is 0.712. The van der Waals surface area contributed by atoms with E-state index < -0.39 is 0 Å². The molecule has 0 amide bonds. The zero-order chi connectivity index (χ0) is 6.57. The molecule has 1 unspecified atom stereocenters. The monoisotopic (exact) mass is 113 g/mol. The summed E-state index contributed by atoms with van der Waals surface area (Å²) < 4.78 is 0. The Kier molecular flexibility index (Phi) is 3.12. The molecule has 0 aromatic rings. The molecule has 2 N–H and O–H groups in total. The molecule has 0 aliphatic carbocycles. The molecule has 0 fully saturated rings. The van der Waals surface area contributed by atoms with Crippen LogP contribution in [0, 0.1) is 0 Å². The third kappa shape index (κ3) is 3.56. The van der Waals surface area contributed by atoms with Crippen LogP contribution in [0.5, 0.6) is 0 Å². The summed E-state index contributed by atoms with van der Waals surface area (Å²) in [5.74, 6) is 0. The molecule has 1 atom stereocenters. The van der Waals surface area contributed by atoms with Crippen LogP contribution in [0.2, 0.25) is 0 Å². The van der Waals surface area contributed by atoms with Crippen molar-refractivity contribution in [3.63, 3.8) is 0 Å². The van der Waals surface area contributed by atoms with E-state index in [9.17, 15) is 4.79 Å². The zero-order valence-corrected chi connectivity index (χ0v) is 5.22. The van der Waals surface area contributed by atoms with E-state index in [1.54, 1.807) is 13.0 Å². The minimum Gasteiger partial charge on any atom is -0.325 e. The summed E-state index contributed by atoms with van der Waals surface area (Å²) in [5, 5.41) is 0. The summed E-state index contributed by atoms with van der Waals surface area (Å²) >= 11 is 0. The Morgan fingerprint density at radius 3 is 2.38 bits per heavy atom. The van der Waals surface area contributed by atoms with E-state index >= 15 is 0 Å². The third-order valence-electron chi connectivity index (χ3n) is 0.712. The van der Waals surface area contributed by atoms with Crippen molar-refractivity contribution in [2.75, 3.05) is 0 Å². The van der Waals surface area contributed by atoms with Gasteiger partial charge in [-0.05, 0) is 19.4 Å². The number of hydrogen-bond donors (Lipinski definition) is 1. The Morgan fingerprint density at radius 2 is 2.25 bits per heavy atom. The molecule has 0 saturated carbocycles. The van der Waals surface area contributed by atoms with Crippen molar-refractivity contribution in [3.8, 4) is 0 Å². The lowest BCUT2D eigenvalue weighted by Crippen LogP contribution is -2.11. The highest BCUT2D eigenvalue weighted by atomic mass is 16.1. The molecular weight excluding hydrogens is 102 g/mol. The molecule has 0 bridgehead atoms. The molecule has 46 valence electrons. The summed E-state index contributed by atoms with van der Waals surface area (Å²) in [6.45, 7) is 3.56. The fourth-order valence-electron chi connectivity index (χ4n) is 0.454. The van der Waals surface area contributed by atoms with Gasteiger partial charge in [0.2, 0.25) is 0 Å². The predicted octanol–water partition coefficient (Wildman–Crippen LogP) is 0.479. The number of rotatable bonds is 2. The second-order valence-corrected chi connectivity index (χ2v) is 1.89. The highest BCUT2D eigenvalue weighted by molar-refractivity contribution is 5.72. The number of carbonyl (C=O) groups is 1. The molecule has 0 aromatic heterocycles. The van der Waals surface area contributed by atoms with Gasteiger partial charge in [0.15, 0.2) is 0 Å². The van der Waals surface area contributed by atoms with Crippen LogP contribution in [-0.4, -0.2) is 12.3 Å². The van der Waals surface area contributed by atoms with Crippen LogP contribution in [0.15, 0.2) is 11.6 Å². The SMILES string of the molecule is C/C(C=O)=C/C(C)N. The first-order chi connectivity index (χ1) is 3.66. The van der Waals surface area contributed by atoms with Gasteiger partial charge in [0.1, 0.15) is 6.29 Å². The maximum Gasteiger partial charge on any atom is 0.145 e. The number of carbonyl (C=O) groups excluding carboxylic acids is 1. The quantitative estimate of drug-likeness (QED) is 0.418. The average Bonchev–Trinajstić information content (AvgIpc) is 1.65. The van der Waals surface area contributed by atoms with E-state index in [0.717, 1.165) is 6.29 Å². The molecule has 0 spiro atoms. The van der Waals surface area contributed by atoms with E-state index in [-0.39, 0.29) is 6.04 Å². The summed E-state index contributed by atoms with van der Waals surface area (Å²) in [4.78, 5) is 9.92. The van der Waals surface area contributed by atoms with Gasteiger partial charge in [-0.25, -0.2) is 0 Å². The van der Waals surface area contributed by atoms with Crippen LogP contribution >= 0.6 is 0 Å². The summed E-state index contributed by atoms with van der Waals surface area (Å²) in [6.07, 6.45) is 2.51. The second-order valence-electron chi connectivity index (χ2n) is 1.89. The molecule has 2 nitrogen and oxygen atoms in total. The van der Waals surface area contributed by atoms with Crippen molar-refractivity contribution in [3.05, 3.63) is 11.6 Å².